The number of carbonyl (C=O) groups excluding carboxylic acids is 2. The molecule has 1 heterocycles. The Labute approximate surface area is 146 Å². The quantitative estimate of drug-likeness (QED) is 0.807. The molecule has 0 aliphatic heterocycles. The van der Waals surface area contributed by atoms with Crippen molar-refractivity contribution in [3.05, 3.63) is 58.9 Å². The van der Waals surface area contributed by atoms with Gasteiger partial charge in [-0.05, 0) is 42.7 Å². The molecule has 0 atom stereocenters. The number of halogens is 1. The molecule has 126 valence electrons. The van der Waals surface area contributed by atoms with E-state index in [2.05, 4.69) is 22.5 Å². The number of unbranched alkanes of at least 4 members (excludes halogenated alkanes) is 1. The summed E-state index contributed by atoms with van der Waals surface area (Å²) in [4.78, 5) is 27.7. The van der Waals surface area contributed by atoms with Gasteiger partial charge >= 0.3 is 0 Å². The molecule has 0 unspecified atom stereocenters. The van der Waals surface area contributed by atoms with Crippen LogP contribution < -0.4 is 10.6 Å². The van der Waals surface area contributed by atoms with E-state index in [1.807, 2.05) is 24.3 Å². The molecule has 0 aliphatic carbocycles. The summed E-state index contributed by atoms with van der Waals surface area (Å²) in [5.74, 6) is -0.741. The largest absolute Gasteiger partial charge is 0.342 e. The van der Waals surface area contributed by atoms with Gasteiger partial charge in [-0.25, -0.2) is 0 Å². The van der Waals surface area contributed by atoms with Gasteiger partial charge in [-0.3, -0.25) is 14.6 Å². The van der Waals surface area contributed by atoms with Crippen LogP contribution in [0.25, 0.3) is 0 Å². The number of pyridine rings is 1. The molecule has 0 saturated carbocycles. The van der Waals surface area contributed by atoms with Crippen LogP contribution in [-0.2, 0) is 11.2 Å². The van der Waals surface area contributed by atoms with Gasteiger partial charge in [0.15, 0.2) is 0 Å². The summed E-state index contributed by atoms with van der Waals surface area (Å²) in [5, 5.41) is 5.68. The molecule has 0 saturated heterocycles. The van der Waals surface area contributed by atoms with Crippen LogP contribution in [0.2, 0.25) is 5.02 Å². The molecule has 2 rings (SSSR count). The van der Waals surface area contributed by atoms with E-state index in [4.69, 9.17) is 11.6 Å². The zero-order chi connectivity index (χ0) is 17.4. The average molecular weight is 346 g/mol. The van der Waals surface area contributed by atoms with Gasteiger partial charge < -0.3 is 10.6 Å². The highest BCUT2D eigenvalue weighted by Gasteiger charge is 2.10. The van der Waals surface area contributed by atoms with Crippen molar-refractivity contribution < 1.29 is 9.59 Å². The van der Waals surface area contributed by atoms with E-state index < -0.39 is 5.91 Å². The second-order valence-corrected chi connectivity index (χ2v) is 5.83. The van der Waals surface area contributed by atoms with Crippen molar-refractivity contribution in [1.82, 2.24) is 10.3 Å². The first-order valence-corrected chi connectivity index (χ1v) is 8.25. The normalized spacial score (nSPS) is 10.2. The maximum Gasteiger partial charge on any atom is 0.270 e. The van der Waals surface area contributed by atoms with Crippen molar-refractivity contribution in [2.24, 2.45) is 0 Å². The van der Waals surface area contributed by atoms with Gasteiger partial charge in [0.05, 0.1) is 6.54 Å². The first kappa shape index (κ1) is 17.9. The monoisotopic (exact) mass is 345 g/mol. The van der Waals surface area contributed by atoms with Crippen LogP contribution in [0.5, 0.6) is 0 Å². The fraction of sp³-hybridized carbons (Fsp3) is 0.278. The molecule has 5 nitrogen and oxygen atoms in total. The van der Waals surface area contributed by atoms with Crippen LogP contribution in [0.3, 0.4) is 0 Å². The van der Waals surface area contributed by atoms with Gasteiger partial charge in [0.25, 0.3) is 5.91 Å². The Hall–Kier alpha value is -2.40. The third-order valence-electron chi connectivity index (χ3n) is 3.42. The Kier molecular flexibility index (Phi) is 6.75. The van der Waals surface area contributed by atoms with Gasteiger partial charge in [0.1, 0.15) is 5.69 Å². The van der Waals surface area contributed by atoms with Crippen molar-refractivity contribution in [1.29, 1.82) is 0 Å². The predicted octanol–water partition coefficient (Wildman–Crippen LogP) is 3.45. The molecular weight excluding hydrogens is 326 g/mol. The number of aromatic nitrogens is 1. The third-order valence-corrected chi connectivity index (χ3v) is 3.66. The molecule has 1 aromatic carbocycles. The highest BCUT2D eigenvalue weighted by Crippen LogP contribution is 2.11. The summed E-state index contributed by atoms with van der Waals surface area (Å²) in [5.41, 5.74) is 2.13. The Bertz CT molecular complexity index is 702. The zero-order valence-electron chi connectivity index (χ0n) is 13.5. The molecule has 0 fully saturated rings. The van der Waals surface area contributed by atoms with Gasteiger partial charge in [0.2, 0.25) is 5.91 Å². The predicted molar refractivity (Wildman–Crippen MR) is 95.3 cm³/mol. The molecule has 1 aromatic heterocycles. The van der Waals surface area contributed by atoms with E-state index in [-0.39, 0.29) is 18.1 Å². The van der Waals surface area contributed by atoms with Crippen LogP contribution in [0, 0.1) is 0 Å². The Balaban J connectivity index is 1.81. The number of hydrogen-bond acceptors (Lipinski definition) is 3. The first-order chi connectivity index (χ1) is 11.6. The fourth-order valence-electron chi connectivity index (χ4n) is 2.12. The molecule has 0 bridgehead atoms. The number of rotatable bonds is 7. The minimum Gasteiger partial charge on any atom is -0.342 e. The third kappa shape index (κ3) is 5.66. The van der Waals surface area contributed by atoms with E-state index in [1.165, 1.54) is 17.8 Å². The summed E-state index contributed by atoms with van der Waals surface area (Å²) < 4.78 is 0. The lowest BCUT2D eigenvalue weighted by Crippen LogP contribution is -2.33. The minimum atomic E-state index is -0.442. The molecule has 0 radical (unpaired) electrons. The van der Waals surface area contributed by atoms with E-state index in [1.54, 1.807) is 6.07 Å². The topological polar surface area (TPSA) is 71.1 Å². The number of nitrogens with zero attached hydrogens (tertiary/aromatic N) is 1. The maximum absolute atomic E-state index is 11.9. The van der Waals surface area contributed by atoms with E-state index >= 15 is 0 Å². The van der Waals surface area contributed by atoms with E-state index in [0.29, 0.717) is 10.7 Å². The molecule has 2 aromatic rings. The van der Waals surface area contributed by atoms with Gasteiger partial charge in [0, 0.05) is 16.9 Å². The number of carbonyl (C=O) groups is 2. The van der Waals surface area contributed by atoms with Crippen molar-refractivity contribution in [3.63, 3.8) is 0 Å². The van der Waals surface area contributed by atoms with Gasteiger partial charge in [-0.1, -0.05) is 37.1 Å². The lowest BCUT2D eigenvalue weighted by atomic mass is 10.1. The molecular formula is C18H20ClN3O2. The molecule has 6 heteroatoms. The lowest BCUT2D eigenvalue weighted by molar-refractivity contribution is -0.115. The van der Waals surface area contributed by atoms with Crippen molar-refractivity contribution in [2.45, 2.75) is 26.2 Å². The van der Waals surface area contributed by atoms with E-state index in [9.17, 15) is 9.59 Å². The lowest BCUT2D eigenvalue weighted by Gasteiger charge is -2.08. The Morgan fingerprint density at radius 1 is 1.17 bits per heavy atom. The summed E-state index contributed by atoms with van der Waals surface area (Å²) in [6.45, 7) is 2.02. The molecule has 0 spiro atoms. The molecule has 2 N–H and O–H groups in total. The van der Waals surface area contributed by atoms with Crippen molar-refractivity contribution in [3.8, 4) is 0 Å². The molecule has 0 aliphatic rings. The van der Waals surface area contributed by atoms with Gasteiger partial charge in [-0.15, -0.1) is 0 Å². The highest BCUT2D eigenvalue weighted by atomic mass is 35.5. The minimum absolute atomic E-state index is 0.134. The molecule has 24 heavy (non-hydrogen) atoms. The number of aryl methyl sites for hydroxylation is 1. The van der Waals surface area contributed by atoms with Crippen LogP contribution in [-0.4, -0.2) is 23.3 Å². The van der Waals surface area contributed by atoms with Crippen molar-refractivity contribution in [2.75, 3.05) is 11.9 Å². The molecule has 2 amide bonds. The fourth-order valence-corrected chi connectivity index (χ4v) is 2.28. The number of benzene rings is 1. The number of hydrogen-bond donors (Lipinski definition) is 2. The summed E-state index contributed by atoms with van der Waals surface area (Å²) in [6.07, 6.45) is 4.78. The first-order valence-electron chi connectivity index (χ1n) is 7.87. The van der Waals surface area contributed by atoms with E-state index in [0.717, 1.165) is 19.3 Å². The summed E-state index contributed by atoms with van der Waals surface area (Å²) in [7, 11) is 0. The Morgan fingerprint density at radius 3 is 2.58 bits per heavy atom. The second-order valence-electron chi connectivity index (χ2n) is 5.39. The van der Waals surface area contributed by atoms with Crippen LogP contribution in [0.4, 0.5) is 5.69 Å². The number of amides is 2. The van der Waals surface area contributed by atoms with Crippen LogP contribution in [0.1, 0.15) is 35.8 Å². The standard InChI is InChI=1S/C18H20ClN3O2/c1-2-3-4-13-5-7-15(8-6-13)22-17(23)12-21-18(24)16-11-14(19)9-10-20-16/h5-11H,2-4,12H2,1H3,(H,21,24)(H,22,23). The number of anilines is 1. The van der Waals surface area contributed by atoms with Crippen molar-refractivity contribution >= 4 is 29.1 Å². The average Bonchev–Trinajstić information content (AvgIpc) is 2.59. The van der Waals surface area contributed by atoms with Gasteiger partial charge in [-0.2, -0.15) is 0 Å². The summed E-state index contributed by atoms with van der Waals surface area (Å²) in [6, 6.07) is 10.8. The summed E-state index contributed by atoms with van der Waals surface area (Å²) >= 11 is 5.80. The maximum atomic E-state index is 11.9. The van der Waals surface area contributed by atoms with Crippen LogP contribution in [0.15, 0.2) is 42.6 Å². The highest BCUT2D eigenvalue weighted by molar-refractivity contribution is 6.30. The number of nitrogens with one attached hydrogen (secondary N) is 2. The smallest absolute Gasteiger partial charge is 0.270 e. The second kappa shape index (κ2) is 9.03. The van der Waals surface area contributed by atoms with Crippen LogP contribution >= 0.6 is 11.6 Å². The zero-order valence-corrected chi connectivity index (χ0v) is 14.3. The SMILES string of the molecule is CCCCc1ccc(NC(=O)CNC(=O)c2cc(Cl)ccn2)cc1. The Morgan fingerprint density at radius 2 is 1.92 bits per heavy atom.